The van der Waals surface area contributed by atoms with Crippen LogP contribution in [0.1, 0.15) is 5.56 Å². The molecule has 1 aliphatic rings. The average Bonchev–Trinajstić information content (AvgIpc) is 2.69. The van der Waals surface area contributed by atoms with Gasteiger partial charge in [0.1, 0.15) is 5.70 Å². The van der Waals surface area contributed by atoms with E-state index >= 15 is 0 Å². The van der Waals surface area contributed by atoms with E-state index in [1.54, 1.807) is 0 Å². The molecule has 1 aromatic carbocycles. The molecule has 1 aliphatic heterocycles. The van der Waals surface area contributed by atoms with Crippen LogP contribution < -0.4 is 9.47 Å². The van der Waals surface area contributed by atoms with Crippen molar-refractivity contribution in [2.24, 2.45) is 4.99 Å². The highest BCUT2D eigenvalue weighted by molar-refractivity contribution is 6.11. The summed E-state index contributed by atoms with van der Waals surface area (Å²) in [6.07, 6.45) is 0. The molecule has 1 aromatic rings. The number of hydrogen-bond acceptors (Lipinski definition) is 5. The number of halogens is 2. The molecule has 5 nitrogen and oxygen atoms in total. The lowest BCUT2D eigenvalue weighted by Gasteiger charge is -2.10. The first-order valence-corrected chi connectivity index (χ1v) is 5.14. The van der Waals surface area contributed by atoms with E-state index < -0.39 is 12.6 Å². The van der Waals surface area contributed by atoms with Crippen LogP contribution in [-0.2, 0) is 9.53 Å². The van der Waals surface area contributed by atoms with Crippen LogP contribution in [-0.4, -0.2) is 25.6 Å². The number of aliphatic imine (C=N–C) groups is 1. The normalized spacial score (nSPS) is 14.4. The Bertz CT molecular complexity index is 569. The van der Waals surface area contributed by atoms with Crippen molar-refractivity contribution in [1.82, 2.24) is 0 Å². The summed E-state index contributed by atoms with van der Waals surface area (Å²) in [5, 5.41) is 0. The van der Waals surface area contributed by atoms with Crippen molar-refractivity contribution in [3.63, 3.8) is 0 Å². The van der Waals surface area contributed by atoms with Gasteiger partial charge in [-0.1, -0.05) is 6.58 Å². The van der Waals surface area contributed by atoms with Crippen molar-refractivity contribution in [2.75, 3.05) is 7.11 Å². The third kappa shape index (κ3) is 2.70. The highest BCUT2D eigenvalue weighted by atomic mass is 19.3. The van der Waals surface area contributed by atoms with Crippen LogP contribution in [0.4, 0.5) is 8.78 Å². The van der Waals surface area contributed by atoms with Gasteiger partial charge in [-0.05, 0) is 18.2 Å². The van der Waals surface area contributed by atoms with E-state index in [0.717, 1.165) is 0 Å². The zero-order valence-corrected chi connectivity index (χ0v) is 9.85. The summed E-state index contributed by atoms with van der Waals surface area (Å²) >= 11 is 0. The quantitative estimate of drug-likeness (QED) is 0.620. The molecule has 0 unspecified atom stereocenters. The number of ether oxygens (including phenoxy) is 3. The molecule has 0 bridgehead atoms. The van der Waals surface area contributed by atoms with Crippen LogP contribution in [0, 0.1) is 0 Å². The van der Waals surface area contributed by atoms with Gasteiger partial charge in [-0.15, -0.1) is 0 Å². The molecule has 0 aliphatic carbocycles. The molecule has 19 heavy (non-hydrogen) atoms. The number of methoxy groups -OCH3 is 1. The standard InChI is InChI=1S/C12H9F2NO4/c1-6-11(16)19-10(15-6)7-3-4-8(18-12(13)14)9(5-7)17-2/h3-5,12H,1H2,2H3. The van der Waals surface area contributed by atoms with E-state index in [9.17, 15) is 13.6 Å². The average molecular weight is 269 g/mol. The van der Waals surface area contributed by atoms with Gasteiger partial charge in [-0.3, -0.25) is 0 Å². The van der Waals surface area contributed by atoms with Crippen molar-refractivity contribution < 1.29 is 27.8 Å². The number of alkyl halides is 2. The zero-order chi connectivity index (χ0) is 14.0. The second-order valence-electron chi connectivity index (χ2n) is 3.50. The van der Waals surface area contributed by atoms with Crippen LogP contribution in [0.25, 0.3) is 0 Å². The van der Waals surface area contributed by atoms with E-state index in [-0.39, 0.29) is 23.1 Å². The summed E-state index contributed by atoms with van der Waals surface area (Å²) in [6.45, 7) is 0.436. The first-order chi connectivity index (χ1) is 9.01. The number of hydrogen-bond donors (Lipinski definition) is 0. The topological polar surface area (TPSA) is 57.1 Å². The summed E-state index contributed by atoms with van der Waals surface area (Å²) < 4.78 is 38.4. The minimum absolute atomic E-state index is 0.0260. The Kier molecular flexibility index (Phi) is 3.46. The van der Waals surface area contributed by atoms with Crippen LogP contribution in [0.3, 0.4) is 0 Å². The van der Waals surface area contributed by atoms with Gasteiger partial charge in [0.2, 0.25) is 5.90 Å². The molecule has 100 valence electrons. The lowest BCUT2D eigenvalue weighted by atomic mass is 10.2. The van der Waals surface area contributed by atoms with Gasteiger partial charge in [0.05, 0.1) is 7.11 Å². The monoisotopic (exact) mass is 269 g/mol. The van der Waals surface area contributed by atoms with Crippen molar-refractivity contribution in [3.8, 4) is 11.5 Å². The molecule has 0 atom stereocenters. The summed E-state index contributed by atoms with van der Waals surface area (Å²) in [6, 6.07) is 4.07. The van der Waals surface area contributed by atoms with E-state index in [2.05, 4.69) is 16.3 Å². The van der Waals surface area contributed by atoms with Crippen molar-refractivity contribution >= 4 is 11.9 Å². The number of nitrogens with zero attached hydrogens (tertiary/aromatic N) is 1. The van der Waals surface area contributed by atoms with E-state index in [4.69, 9.17) is 9.47 Å². The van der Waals surface area contributed by atoms with Crippen molar-refractivity contribution in [3.05, 3.63) is 36.0 Å². The molecular weight excluding hydrogens is 260 g/mol. The number of benzene rings is 1. The maximum absolute atomic E-state index is 12.2. The second-order valence-corrected chi connectivity index (χ2v) is 3.50. The fraction of sp³-hybridized carbons (Fsp3) is 0.167. The lowest BCUT2D eigenvalue weighted by Crippen LogP contribution is -2.07. The zero-order valence-electron chi connectivity index (χ0n) is 9.85. The molecule has 1 heterocycles. The predicted molar refractivity (Wildman–Crippen MR) is 61.4 cm³/mol. The Morgan fingerprint density at radius 3 is 2.63 bits per heavy atom. The van der Waals surface area contributed by atoms with Gasteiger partial charge in [0, 0.05) is 5.56 Å². The second kappa shape index (κ2) is 5.05. The molecule has 2 rings (SSSR count). The first-order valence-electron chi connectivity index (χ1n) is 5.14. The maximum atomic E-state index is 12.2. The van der Waals surface area contributed by atoms with Crippen LogP contribution in [0.2, 0.25) is 0 Å². The fourth-order valence-electron chi connectivity index (χ4n) is 1.46. The largest absolute Gasteiger partial charge is 0.493 e. The summed E-state index contributed by atoms with van der Waals surface area (Å²) in [4.78, 5) is 14.9. The van der Waals surface area contributed by atoms with E-state index in [1.165, 1.54) is 25.3 Å². The summed E-state index contributed by atoms with van der Waals surface area (Å²) in [5.41, 5.74) is 0.368. The minimum atomic E-state index is -2.96. The van der Waals surface area contributed by atoms with Gasteiger partial charge in [-0.2, -0.15) is 8.78 Å². The Morgan fingerprint density at radius 1 is 1.37 bits per heavy atom. The highest BCUT2D eigenvalue weighted by Gasteiger charge is 2.23. The fourth-order valence-corrected chi connectivity index (χ4v) is 1.46. The van der Waals surface area contributed by atoms with Gasteiger partial charge < -0.3 is 14.2 Å². The summed E-state index contributed by atoms with van der Waals surface area (Å²) in [5.74, 6) is -0.655. The highest BCUT2D eigenvalue weighted by Crippen LogP contribution is 2.30. The SMILES string of the molecule is C=C1N=C(c2ccc(OC(F)F)c(OC)c2)OC1=O. The molecular formula is C12H9F2NO4. The molecule has 0 saturated heterocycles. The third-order valence-electron chi connectivity index (χ3n) is 2.29. The summed E-state index contributed by atoms with van der Waals surface area (Å²) in [7, 11) is 1.30. The lowest BCUT2D eigenvalue weighted by molar-refractivity contribution is -0.130. The van der Waals surface area contributed by atoms with E-state index in [0.29, 0.717) is 5.56 Å². The first kappa shape index (κ1) is 13.0. The van der Waals surface area contributed by atoms with Crippen LogP contribution >= 0.6 is 0 Å². The molecule has 0 fully saturated rings. The number of carbonyl (C=O) groups is 1. The minimum Gasteiger partial charge on any atom is -0.493 e. The van der Waals surface area contributed by atoms with E-state index in [1.807, 2.05) is 0 Å². The number of cyclic esters (lactones) is 1. The molecule has 0 saturated carbocycles. The third-order valence-corrected chi connectivity index (χ3v) is 2.29. The Balaban J connectivity index is 2.32. The predicted octanol–water partition coefficient (Wildman–Crippen LogP) is 2.11. The molecule has 0 aromatic heterocycles. The van der Waals surface area contributed by atoms with Gasteiger partial charge in [0.25, 0.3) is 0 Å². The molecule has 0 radical (unpaired) electrons. The van der Waals surface area contributed by atoms with Gasteiger partial charge >= 0.3 is 12.6 Å². The number of rotatable bonds is 4. The van der Waals surface area contributed by atoms with Crippen LogP contribution in [0.5, 0.6) is 11.5 Å². The molecule has 0 N–H and O–H groups in total. The maximum Gasteiger partial charge on any atom is 0.387 e. The molecule has 0 spiro atoms. The Hall–Kier alpha value is -2.44. The van der Waals surface area contributed by atoms with Gasteiger partial charge in [0.15, 0.2) is 11.5 Å². The van der Waals surface area contributed by atoms with Crippen molar-refractivity contribution in [2.45, 2.75) is 6.61 Å². The van der Waals surface area contributed by atoms with Gasteiger partial charge in [-0.25, -0.2) is 9.79 Å². The Morgan fingerprint density at radius 2 is 2.11 bits per heavy atom. The smallest absolute Gasteiger partial charge is 0.387 e. The molecule has 0 amide bonds. The number of carbonyl (C=O) groups excluding carboxylic acids is 1. The molecule has 7 heteroatoms. The Labute approximate surface area is 107 Å². The van der Waals surface area contributed by atoms with Crippen LogP contribution in [0.15, 0.2) is 35.5 Å². The number of esters is 1. The van der Waals surface area contributed by atoms with Crippen molar-refractivity contribution in [1.29, 1.82) is 0 Å².